The summed E-state index contributed by atoms with van der Waals surface area (Å²) in [6, 6.07) is 7.64. The van der Waals surface area contributed by atoms with Gasteiger partial charge in [-0.1, -0.05) is 12.1 Å². The highest BCUT2D eigenvalue weighted by Gasteiger charge is 2.35. The van der Waals surface area contributed by atoms with Crippen molar-refractivity contribution >= 4 is 5.91 Å². The number of amides is 1. The number of fused-ring (bicyclic) bond motifs is 1. The molecule has 2 aliphatic rings. The van der Waals surface area contributed by atoms with E-state index in [2.05, 4.69) is 10.2 Å². The lowest BCUT2D eigenvalue weighted by molar-refractivity contribution is 0.100. The van der Waals surface area contributed by atoms with Gasteiger partial charge in [-0.25, -0.2) is 0 Å². The van der Waals surface area contributed by atoms with Crippen molar-refractivity contribution in [3.63, 3.8) is 0 Å². The van der Waals surface area contributed by atoms with Crippen molar-refractivity contribution in [2.45, 2.75) is 6.54 Å². The molecule has 1 aromatic rings. The number of carbonyl (C=O) groups excluding carboxylic acids is 1. The Bertz CT molecular complexity index is 431. The molecule has 0 aromatic heterocycles. The largest absolute Gasteiger partial charge is 0.366 e. The summed E-state index contributed by atoms with van der Waals surface area (Å²) < 4.78 is 0. The molecule has 4 nitrogen and oxygen atoms in total. The first-order valence-electron chi connectivity index (χ1n) is 6.54. The first-order valence-corrected chi connectivity index (χ1v) is 6.54. The number of hydrogen-bond donors (Lipinski definition) is 2. The monoisotopic (exact) mass is 245 g/mol. The zero-order chi connectivity index (χ0) is 12.5. The normalized spacial score (nSPS) is 27.3. The van der Waals surface area contributed by atoms with Crippen molar-refractivity contribution < 1.29 is 4.79 Å². The van der Waals surface area contributed by atoms with Crippen molar-refractivity contribution in [2.24, 2.45) is 17.6 Å². The van der Waals surface area contributed by atoms with Crippen LogP contribution in [0.15, 0.2) is 24.3 Å². The maximum Gasteiger partial charge on any atom is 0.248 e. The van der Waals surface area contributed by atoms with Crippen LogP contribution in [0.1, 0.15) is 15.9 Å². The number of carbonyl (C=O) groups is 1. The van der Waals surface area contributed by atoms with E-state index in [0.717, 1.165) is 18.4 Å². The molecule has 2 unspecified atom stereocenters. The van der Waals surface area contributed by atoms with Crippen LogP contribution in [0.3, 0.4) is 0 Å². The van der Waals surface area contributed by atoms with E-state index >= 15 is 0 Å². The molecule has 0 aliphatic carbocycles. The smallest absolute Gasteiger partial charge is 0.248 e. The number of nitrogens with two attached hydrogens (primary N) is 1. The third-order valence-electron chi connectivity index (χ3n) is 4.11. The zero-order valence-corrected chi connectivity index (χ0v) is 10.4. The van der Waals surface area contributed by atoms with E-state index in [1.165, 1.54) is 31.7 Å². The second-order valence-electron chi connectivity index (χ2n) is 5.43. The predicted molar refractivity (Wildman–Crippen MR) is 70.1 cm³/mol. The summed E-state index contributed by atoms with van der Waals surface area (Å²) in [6.07, 6.45) is 0. The van der Waals surface area contributed by atoms with E-state index in [0.29, 0.717) is 5.56 Å². The Balaban J connectivity index is 1.61. The maximum atomic E-state index is 11.0. The summed E-state index contributed by atoms with van der Waals surface area (Å²) in [4.78, 5) is 13.5. The summed E-state index contributed by atoms with van der Waals surface area (Å²) in [7, 11) is 0. The maximum absolute atomic E-state index is 11.0. The average molecular weight is 245 g/mol. The van der Waals surface area contributed by atoms with Gasteiger partial charge in [-0.2, -0.15) is 0 Å². The van der Waals surface area contributed by atoms with E-state index < -0.39 is 0 Å². The fraction of sp³-hybridized carbons (Fsp3) is 0.500. The highest BCUT2D eigenvalue weighted by Crippen LogP contribution is 2.27. The van der Waals surface area contributed by atoms with Gasteiger partial charge in [0.05, 0.1) is 0 Å². The molecule has 0 bridgehead atoms. The van der Waals surface area contributed by atoms with Crippen LogP contribution in [-0.2, 0) is 6.54 Å². The van der Waals surface area contributed by atoms with Crippen LogP contribution in [-0.4, -0.2) is 37.0 Å². The summed E-state index contributed by atoms with van der Waals surface area (Å²) in [6.45, 7) is 5.69. The van der Waals surface area contributed by atoms with Gasteiger partial charge >= 0.3 is 0 Å². The van der Waals surface area contributed by atoms with Gasteiger partial charge in [0.1, 0.15) is 0 Å². The molecule has 1 amide bonds. The molecule has 0 saturated carbocycles. The Kier molecular flexibility index (Phi) is 3.06. The molecular weight excluding hydrogens is 226 g/mol. The summed E-state index contributed by atoms with van der Waals surface area (Å²) in [5.74, 6) is 1.30. The number of primary amides is 1. The highest BCUT2D eigenvalue weighted by atomic mass is 16.1. The third kappa shape index (κ3) is 2.26. The zero-order valence-electron chi connectivity index (χ0n) is 10.4. The third-order valence-corrected chi connectivity index (χ3v) is 4.11. The lowest BCUT2D eigenvalue weighted by Crippen LogP contribution is -2.25. The summed E-state index contributed by atoms with van der Waals surface area (Å²) in [5.41, 5.74) is 7.07. The van der Waals surface area contributed by atoms with E-state index in [4.69, 9.17) is 5.73 Å². The number of hydrogen-bond acceptors (Lipinski definition) is 3. The van der Waals surface area contributed by atoms with Crippen LogP contribution in [0.5, 0.6) is 0 Å². The van der Waals surface area contributed by atoms with E-state index in [-0.39, 0.29) is 5.91 Å². The van der Waals surface area contributed by atoms with Gasteiger partial charge in [0.15, 0.2) is 0 Å². The Morgan fingerprint density at radius 2 is 1.83 bits per heavy atom. The second-order valence-corrected chi connectivity index (χ2v) is 5.43. The van der Waals surface area contributed by atoms with Gasteiger partial charge < -0.3 is 11.1 Å². The predicted octanol–water partition coefficient (Wildman–Crippen LogP) is 0.437. The summed E-state index contributed by atoms with van der Waals surface area (Å²) in [5, 5.41) is 3.45. The minimum atomic E-state index is -0.358. The van der Waals surface area contributed by atoms with Crippen molar-refractivity contribution in [3.05, 3.63) is 35.4 Å². The Morgan fingerprint density at radius 3 is 2.39 bits per heavy atom. The lowest BCUT2D eigenvalue weighted by atomic mass is 10.0. The Labute approximate surface area is 107 Å². The van der Waals surface area contributed by atoms with Crippen LogP contribution < -0.4 is 11.1 Å². The molecule has 4 heteroatoms. The topological polar surface area (TPSA) is 58.4 Å². The van der Waals surface area contributed by atoms with Gasteiger partial charge in [-0.3, -0.25) is 9.69 Å². The number of nitrogens with zero attached hydrogens (tertiary/aromatic N) is 1. The lowest BCUT2D eigenvalue weighted by Gasteiger charge is -2.17. The van der Waals surface area contributed by atoms with Crippen LogP contribution in [0.25, 0.3) is 0 Å². The highest BCUT2D eigenvalue weighted by molar-refractivity contribution is 5.92. The van der Waals surface area contributed by atoms with Crippen LogP contribution in [0.4, 0.5) is 0 Å². The molecule has 2 saturated heterocycles. The molecular formula is C14H19N3O. The Morgan fingerprint density at radius 1 is 1.22 bits per heavy atom. The fourth-order valence-corrected chi connectivity index (χ4v) is 3.11. The molecule has 0 spiro atoms. The molecule has 3 N–H and O–H groups in total. The molecule has 96 valence electrons. The number of likely N-dealkylation sites (tertiary alicyclic amines) is 1. The van der Waals surface area contributed by atoms with Crippen molar-refractivity contribution in [1.29, 1.82) is 0 Å². The minimum Gasteiger partial charge on any atom is -0.366 e. The van der Waals surface area contributed by atoms with Crippen LogP contribution in [0.2, 0.25) is 0 Å². The van der Waals surface area contributed by atoms with E-state index in [1.807, 2.05) is 24.3 Å². The molecule has 3 rings (SSSR count). The fourth-order valence-electron chi connectivity index (χ4n) is 3.11. The first kappa shape index (κ1) is 11.7. The Hall–Kier alpha value is -1.39. The number of rotatable bonds is 3. The van der Waals surface area contributed by atoms with Gasteiger partial charge in [0.2, 0.25) is 5.91 Å². The SMILES string of the molecule is NC(=O)c1ccc(CN2CC3CNCC3C2)cc1. The van der Waals surface area contributed by atoms with Gasteiger partial charge in [0.25, 0.3) is 0 Å². The quantitative estimate of drug-likeness (QED) is 0.812. The van der Waals surface area contributed by atoms with E-state index in [1.54, 1.807) is 0 Å². The number of nitrogens with one attached hydrogen (secondary N) is 1. The first-order chi connectivity index (χ1) is 8.72. The van der Waals surface area contributed by atoms with Crippen molar-refractivity contribution in [2.75, 3.05) is 26.2 Å². The van der Waals surface area contributed by atoms with E-state index in [9.17, 15) is 4.79 Å². The van der Waals surface area contributed by atoms with Crippen LogP contribution in [0, 0.1) is 11.8 Å². The average Bonchev–Trinajstić information content (AvgIpc) is 2.90. The molecule has 2 heterocycles. The van der Waals surface area contributed by atoms with Gasteiger partial charge in [-0.15, -0.1) is 0 Å². The molecule has 0 radical (unpaired) electrons. The molecule has 1 aromatic carbocycles. The molecule has 2 fully saturated rings. The van der Waals surface area contributed by atoms with Crippen LogP contribution >= 0.6 is 0 Å². The molecule has 2 atom stereocenters. The van der Waals surface area contributed by atoms with Crippen molar-refractivity contribution in [3.8, 4) is 0 Å². The van der Waals surface area contributed by atoms with Crippen molar-refractivity contribution in [1.82, 2.24) is 10.2 Å². The molecule has 18 heavy (non-hydrogen) atoms. The van der Waals surface area contributed by atoms with Gasteiger partial charge in [-0.05, 0) is 42.6 Å². The summed E-state index contributed by atoms with van der Waals surface area (Å²) >= 11 is 0. The van der Waals surface area contributed by atoms with Gasteiger partial charge in [0, 0.05) is 25.2 Å². The second kappa shape index (κ2) is 4.71. The standard InChI is InChI=1S/C14H19N3O/c15-14(18)11-3-1-10(2-4-11)7-17-8-12-5-16-6-13(12)9-17/h1-4,12-13,16H,5-9H2,(H2,15,18). The number of benzene rings is 1. The minimum absolute atomic E-state index is 0.358. The molecule has 2 aliphatic heterocycles.